The van der Waals surface area contributed by atoms with Crippen LogP contribution >= 0.6 is 0 Å². The van der Waals surface area contributed by atoms with Gasteiger partial charge in [0.15, 0.2) is 0 Å². The molecule has 0 spiro atoms. The van der Waals surface area contributed by atoms with Gasteiger partial charge < -0.3 is 9.47 Å². The predicted octanol–water partition coefficient (Wildman–Crippen LogP) is 1.77. The van der Waals surface area contributed by atoms with Crippen molar-refractivity contribution in [2.75, 3.05) is 13.1 Å². The number of amides is 1. The number of carbonyl (C=O) groups is 1. The number of nitrogens with one attached hydrogen (secondary N) is 1. The Kier molecular flexibility index (Phi) is 3.11. The second kappa shape index (κ2) is 4.91. The summed E-state index contributed by atoms with van der Waals surface area (Å²) in [5, 5.41) is 7.02. The van der Waals surface area contributed by atoms with Crippen molar-refractivity contribution < 1.29 is 4.79 Å². The summed E-state index contributed by atoms with van der Waals surface area (Å²) in [4.78, 5) is 14.4. The van der Waals surface area contributed by atoms with Gasteiger partial charge in [-0.3, -0.25) is 9.89 Å². The summed E-state index contributed by atoms with van der Waals surface area (Å²) >= 11 is 0. The first kappa shape index (κ1) is 12.0. The molecule has 0 radical (unpaired) electrons. The van der Waals surface area contributed by atoms with Crippen molar-refractivity contribution in [3.8, 4) is 0 Å². The molecule has 1 fully saturated rings. The molecule has 1 atom stereocenters. The van der Waals surface area contributed by atoms with E-state index in [1.165, 1.54) is 0 Å². The minimum atomic E-state index is 0.122. The van der Waals surface area contributed by atoms with Crippen LogP contribution in [-0.4, -0.2) is 38.7 Å². The summed E-state index contributed by atoms with van der Waals surface area (Å²) in [5.41, 5.74) is 1.88. The molecule has 2 aromatic heterocycles. The van der Waals surface area contributed by atoms with Crippen molar-refractivity contribution in [2.24, 2.45) is 7.05 Å². The van der Waals surface area contributed by atoms with Crippen LogP contribution in [0.4, 0.5) is 0 Å². The maximum Gasteiger partial charge on any atom is 0.270 e. The average Bonchev–Trinajstić information content (AvgIpc) is 3.09. The molecule has 1 amide bonds. The average molecular weight is 258 g/mol. The number of H-pyrrole nitrogens is 1. The number of aryl methyl sites for hydroxylation is 1. The van der Waals surface area contributed by atoms with Crippen LogP contribution in [0.1, 0.15) is 34.9 Å². The van der Waals surface area contributed by atoms with E-state index in [-0.39, 0.29) is 5.91 Å². The van der Waals surface area contributed by atoms with Crippen LogP contribution < -0.4 is 0 Å². The molecule has 3 heterocycles. The van der Waals surface area contributed by atoms with Crippen molar-refractivity contribution in [1.29, 1.82) is 0 Å². The topological polar surface area (TPSA) is 53.9 Å². The number of likely N-dealkylation sites (tertiary alicyclic amines) is 1. The highest BCUT2D eigenvalue weighted by Crippen LogP contribution is 2.26. The molecule has 1 N–H and O–H groups in total. The van der Waals surface area contributed by atoms with Gasteiger partial charge in [-0.1, -0.05) is 0 Å². The first-order valence-corrected chi connectivity index (χ1v) is 6.65. The first-order valence-electron chi connectivity index (χ1n) is 6.65. The molecule has 0 bridgehead atoms. The molecule has 5 nitrogen and oxygen atoms in total. The third-order valence-corrected chi connectivity index (χ3v) is 3.83. The fourth-order valence-corrected chi connectivity index (χ4v) is 2.75. The smallest absolute Gasteiger partial charge is 0.270 e. The van der Waals surface area contributed by atoms with E-state index in [1.807, 2.05) is 40.9 Å². The lowest BCUT2D eigenvalue weighted by Gasteiger charge is -2.32. The van der Waals surface area contributed by atoms with Gasteiger partial charge in [0.2, 0.25) is 0 Å². The van der Waals surface area contributed by atoms with Crippen LogP contribution in [0.2, 0.25) is 0 Å². The molecule has 19 heavy (non-hydrogen) atoms. The van der Waals surface area contributed by atoms with E-state index in [9.17, 15) is 4.79 Å². The molecule has 100 valence electrons. The minimum absolute atomic E-state index is 0.122. The molecule has 3 rings (SSSR count). The van der Waals surface area contributed by atoms with Gasteiger partial charge in [-0.25, -0.2) is 0 Å². The molecule has 2 aromatic rings. The Morgan fingerprint density at radius 3 is 3.05 bits per heavy atom. The Bertz CT molecular complexity index is 558. The Morgan fingerprint density at radius 2 is 2.37 bits per heavy atom. The molecule has 1 aliphatic rings. The van der Waals surface area contributed by atoms with E-state index < -0.39 is 0 Å². The van der Waals surface area contributed by atoms with Gasteiger partial charge in [-0.2, -0.15) is 5.10 Å². The van der Waals surface area contributed by atoms with Crippen molar-refractivity contribution in [3.05, 3.63) is 42.0 Å². The molecule has 1 saturated heterocycles. The highest BCUT2D eigenvalue weighted by Gasteiger charge is 2.26. The fraction of sp³-hybridized carbons (Fsp3) is 0.429. The van der Waals surface area contributed by atoms with Gasteiger partial charge in [0.05, 0.1) is 0 Å². The van der Waals surface area contributed by atoms with Crippen LogP contribution in [0.5, 0.6) is 0 Å². The minimum Gasteiger partial charge on any atom is -0.347 e. The Labute approximate surface area is 112 Å². The van der Waals surface area contributed by atoms with E-state index >= 15 is 0 Å². The third-order valence-electron chi connectivity index (χ3n) is 3.83. The highest BCUT2D eigenvalue weighted by atomic mass is 16.2. The van der Waals surface area contributed by atoms with Gasteiger partial charge >= 0.3 is 0 Å². The fourth-order valence-electron chi connectivity index (χ4n) is 2.75. The molecule has 0 aromatic carbocycles. The summed E-state index contributed by atoms with van der Waals surface area (Å²) in [6.07, 6.45) is 5.83. The van der Waals surface area contributed by atoms with Gasteiger partial charge in [0.25, 0.3) is 5.91 Å². The number of aromatic nitrogens is 3. The van der Waals surface area contributed by atoms with Gasteiger partial charge in [-0.05, 0) is 31.0 Å². The monoisotopic (exact) mass is 258 g/mol. The molecule has 0 unspecified atom stereocenters. The number of piperidine rings is 1. The molecular formula is C14H18N4O. The van der Waals surface area contributed by atoms with Gasteiger partial charge in [0, 0.05) is 44.1 Å². The van der Waals surface area contributed by atoms with Crippen molar-refractivity contribution in [2.45, 2.75) is 18.8 Å². The molecule has 1 aliphatic heterocycles. The number of hydrogen-bond acceptors (Lipinski definition) is 2. The van der Waals surface area contributed by atoms with Crippen molar-refractivity contribution >= 4 is 5.91 Å². The lowest BCUT2D eigenvalue weighted by molar-refractivity contribution is 0.0696. The molecular weight excluding hydrogens is 240 g/mol. The first-order chi connectivity index (χ1) is 9.25. The van der Waals surface area contributed by atoms with E-state index in [0.29, 0.717) is 5.92 Å². The zero-order chi connectivity index (χ0) is 13.2. The zero-order valence-corrected chi connectivity index (χ0v) is 11.0. The van der Waals surface area contributed by atoms with Crippen molar-refractivity contribution in [3.63, 3.8) is 0 Å². The van der Waals surface area contributed by atoms with Crippen LogP contribution in [0, 0.1) is 0 Å². The zero-order valence-electron chi connectivity index (χ0n) is 11.0. The highest BCUT2D eigenvalue weighted by molar-refractivity contribution is 5.92. The van der Waals surface area contributed by atoms with E-state index in [4.69, 9.17) is 0 Å². The molecule has 0 aliphatic carbocycles. The number of aromatic amines is 1. The second-order valence-corrected chi connectivity index (χ2v) is 5.11. The van der Waals surface area contributed by atoms with E-state index in [1.54, 1.807) is 6.20 Å². The van der Waals surface area contributed by atoms with Crippen molar-refractivity contribution in [1.82, 2.24) is 19.7 Å². The lowest BCUT2D eigenvalue weighted by atomic mass is 9.95. The van der Waals surface area contributed by atoms with Crippen LogP contribution in [-0.2, 0) is 7.05 Å². The lowest BCUT2D eigenvalue weighted by Crippen LogP contribution is -2.39. The SMILES string of the molecule is Cn1cccc1C(=O)N1CCC[C@H](c2ccn[nH]2)C1. The molecule has 5 heteroatoms. The summed E-state index contributed by atoms with van der Waals surface area (Å²) in [6.45, 7) is 1.61. The number of carbonyl (C=O) groups excluding carboxylic acids is 1. The quantitative estimate of drug-likeness (QED) is 0.892. The summed E-state index contributed by atoms with van der Waals surface area (Å²) in [7, 11) is 1.91. The van der Waals surface area contributed by atoms with Crippen LogP contribution in [0.3, 0.4) is 0 Å². The van der Waals surface area contributed by atoms with Gasteiger partial charge in [-0.15, -0.1) is 0 Å². The Morgan fingerprint density at radius 1 is 1.47 bits per heavy atom. The number of nitrogens with zero attached hydrogens (tertiary/aromatic N) is 3. The largest absolute Gasteiger partial charge is 0.347 e. The summed E-state index contributed by atoms with van der Waals surface area (Å²) in [5.74, 6) is 0.497. The normalized spacial score (nSPS) is 19.6. The van der Waals surface area contributed by atoms with E-state index in [2.05, 4.69) is 10.2 Å². The Balaban J connectivity index is 1.75. The van der Waals surface area contributed by atoms with E-state index in [0.717, 1.165) is 37.3 Å². The second-order valence-electron chi connectivity index (χ2n) is 5.11. The summed E-state index contributed by atoms with van der Waals surface area (Å²) < 4.78 is 1.88. The van der Waals surface area contributed by atoms with Gasteiger partial charge in [0.1, 0.15) is 5.69 Å². The van der Waals surface area contributed by atoms with Crippen LogP contribution in [0.15, 0.2) is 30.6 Å². The predicted molar refractivity (Wildman–Crippen MR) is 71.9 cm³/mol. The molecule has 0 saturated carbocycles. The maximum atomic E-state index is 12.5. The third kappa shape index (κ3) is 2.28. The number of rotatable bonds is 2. The summed E-state index contributed by atoms with van der Waals surface area (Å²) in [6, 6.07) is 5.78. The Hall–Kier alpha value is -2.04. The standard InChI is InChI=1S/C14H18N4O/c1-17-8-3-5-13(17)14(19)18-9-2-4-11(10-18)12-6-7-15-16-12/h3,5-8,11H,2,4,9-10H2,1H3,(H,15,16)/t11-/m0/s1. The van der Waals surface area contributed by atoms with Crippen LogP contribution in [0.25, 0.3) is 0 Å². The number of hydrogen-bond donors (Lipinski definition) is 1. The maximum absolute atomic E-state index is 12.5.